The van der Waals surface area contributed by atoms with Gasteiger partial charge in [-0.2, -0.15) is 0 Å². The molecule has 3 heteroatoms. The van der Waals surface area contributed by atoms with Crippen LogP contribution < -0.4 is 5.73 Å². The molecule has 1 rings (SSSR count). The zero-order chi connectivity index (χ0) is 8.27. The molecule has 1 aromatic rings. The maximum atomic E-state index is 5.44. The number of nitrogens with two attached hydrogens (primary N) is 1. The highest BCUT2D eigenvalue weighted by atomic mass is 32.1. The second kappa shape index (κ2) is 3.44. The van der Waals surface area contributed by atoms with E-state index in [1.165, 1.54) is 0 Å². The van der Waals surface area contributed by atoms with Crippen molar-refractivity contribution in [1.29, 1.82) is 0 Å². The summed E-state index contributed by atoms with van der Waals surface area (Å²) in [6, 6.07) is 3.74. The van der Waals surface area contributed by atoms with Gasteiger partial charge in [0.1, 0.15) is 4.99 Å². The van der Waals surface area contributed by atoms with Crippen LogP contribution in [-0.2, 0) is 6.42 Å². The molecule has 0 aromatic carbocycles. The lowest BCUT2D eigenvalue weighted by atomic mass is 10.2. The lowest BCUT2D eigenvalue weighted by Crippen LogP contribution is -2.09. The molecular weight excluding hydrogens is 158 g/mol. The topological polar surface area (TPSA) is 38.9 Å². The van der Waals surface area contributed by atoms with Crippen LogP contribution >= 0.6 is 12.2 Å². The van der Waals surface area contributed by atoms with Crippen LogP contribution in [0, 0.1) is 0 Å². The van der Waals surface area contributed by atoms with Gasteiger partial charge in [0.2, 0.25) is 0 Å². The van der Waals surface area contributed by atoms with Gasteiger partial charge in [-0.05, 0) is 18.6 Å². The van der Waals surface area contributed by atoms with Gasteiger partial charge >= 0.3 is 0 Å². The van der Waals surface area contributed by atoms with Crippen LogP contribution in [0.5, 0.6) is 0 Å². The van der Waals surface area contributed by atoms with Gasteiger partial charge in [0.25, 0.3) is 0 Å². The second-order valence-electron chi connectivity index (χ2n) is 2.25. The first-order valence-electron chi connectivity index (χ1n) is 3.48. The number of hydrogen-bond acceptors (Lipinski definition) is 2. The van der Waals surface area contributed by atoms with Gasteiger partial charge in [0.05, 0.1) is 0 Å². The molecule has 0 unspecified atom stereocenters. The van der Waals surface area contributed by atoms with E-state index in [2.05, 4.69) is 4.98 Å². The smallest absolute Gasteiger partial charge is 0.104 e. The molecule has 11 heavy (non-hydrogen) atoms. The van der Waals surface area contributed by atoms with Gasteiger partial charge in [-0.3, -0.25) is 4.98 Å². The summed E-state index contributed by atoms with van der Waals surface area (Å²) in [5, 5.41) is 0. The number of aryl methyl sites for hydroxylation is 1. The number of hydrogen-bond donors (Lipinski definition) is 1. The molecule has 1 aromatic heterocycles. The standard InChI is InChI=1S/C8H10N2S/c1-2-7-5-6(8(9)11)3-4-10-7/h3-5H,2H2,1H3,(H2,9,11)/i8+1,9+1. The summed E-state index contributed by atoms with van der Waals surface area (Å²) in [6.45, 7) is 2.05. The van der Waals surface area contributed by atoms with Crippen molar-refractivity contribution in [2.75, 3.05) is 0 Å². The zero-order valence-electron chi connectivity index (χ0n) is 6.37. The maximum absolute atomic E-state index is 5.44. The van der Waals surface area contributed by atoms with E-state index in [1.807, 2.05) is 19.1 Å². The third-order valence-electron chi connectivity index (χ3n) is 1.46. The minimum Gasteiger partial charge on any atom is -0.389 e. The largest absolute Gasteiger partial charge is 0.389 e. The fraction of sp³-hybridized carbons (Fsp3) is 0.250. The second-order valence-corrected chi connectivity index (χ2v) is 2.69. The molecule has 0 atom stereocenters. The first-order chi connectivity index (χ1) is 5.24. The van der Waals surface area contributed by atoms with Crippen LogP contribution in [0.15, 0.2) is 18.3 Å². The fourth-order valence-electron chi connectivity index (χ4n) is 0.825. The lowest BCUT2D eigenvalue weighted by molar-refractivity contribution is 1.03. The van der Waals surface area contributed by atoms with Crippen molar-refractivity contribution in [1.82, 2.24) is 4.98 Å². The molecule has 0 aliphatic rings. The van der Waals surface area contributed by atoms with Crippen molar-refractivity contribution >= 4 is 17.2 Å². The average Bonchev–Trinajstić information content (AvgIpc) is 2.05. The minimum absolute atomic E-state index is 0.433. The Balaban J connectivity index is 3.01. The Bertz CT molecular complexity index is 271. The van der Waals surface area contributed by atoms with Crippen molar-refractivity contribution in [2.24, 2.45) is 5.73 Å². The highest BCUT2D eigenvalue weighted by Gasteiger charge is 1.96. The van der Waals surface area contributed by atoms with Crippen molar-refractivity contribution in [3.8, 4) is 0 Å². The van der Waals surface area contributed by atoms with E-state index in [1.54, 1.807) is 6.20 Å². The third-order valence-corrected chi connectivity index (χ3v) is 1.70. The van der Waals surface area contributed by atoms with Crippen LogP contribution in [0.25, 0.3) is 0 Å². The Kier molecular flexibility index (Phi) is 2.54. The number of pyridine rings is 1. The molecule has 0 bridgehead atoms. The van der Waals surface area contributed by atoms with Gasteiger partial charge in [-0.1, -0.05) is 19.1 Å². The van der Waals surface area contributed by atoms with Gasteiger partial charge < -0.3 is 5.73 Å². The molecule has 0 amide bonds. The predicted molar refractivity (Wildman–Crippen MR) is 49.5 cm³/mol. The highest BCUT2D eigenvalue weighted by Crippen LogP contribution is 2.01. The summed E-state index contributed by atoms with van der Waals surface area (Å²) in [7, 11) is 0. The fourth-order valence-corrected chi connectivity index (χ4v) is 0.952. The predicted octanol–water partition coefficient (Wildman–Crippen LogP) is 1.28. The molecule has 58 valence electrons. The van der Waals surface area contributed by atoms with Crippen LogP contribution in [0.2, 0.25) is 0 Å². The van der Waals surface area contributed by atoms with Crippen LogP contribution in [0.1, 0.15) is 18.2 Å². The Morgan fingerprint density at radius 2 is 2.45 bits per heavy atom. The normalized spacial score (nSPS) is 9.55. The molecule has 0 spiro atoms. The first kappa shape index (κ1) is 8.14. The minimum atomic E-state index is 0.433. The Labute approximate surface area is 71.4 Å². The summed E-state index contributed by atoms with van der Waals surface area (Å²) < 4.78 is 0. The van der Waals surface area contributed by atoms with Crippen molar-refractivity contribution in [2.45, 2.75) is 13.3 Å². The molecule has 0 fully saturated rings. The van der Waals surface area contributed by atoms with Crippen LogP contribution in [0.3, 0.4) is 0 Å². The summed E-state index contributed by atoms with van der Waals surface area (Å²) >= 11 is 4.82. The third kappa shape index (κ3) is 1.98. The van der Waals surface area contributed by atoms with Crippen molar-refractivity contribution < 1.29 is 0 Å². The highest BCUT2D eigenvalue weighted by molar-refractivity contribution is 7.80. The molecule has 1 heterocycles. The lowest BCUT2D eigenvalue weighted by Gasteiger charge is -1.99. The van der Waals surface area contributed by atoms with E-state index >= 15 is 0 Å². The van der Waals surface area contributed by atoms with Gasteiger partial charge in [-0.25, -0.2) is 0 Å². The number of rotatable bonds is 2. The number of aromatic nitrogens is 1. The zero-order valence-corrected chi connectivity index (χ0v) is 7.19. The Morgan fingerprint density at radius 3 is 3.00 bits per heavy atom. The summed E-state index contributed by atoms with van der Waals surface area (Å²) in [6.07, 6.45) is 2.64. The van der Waals surface area contributed by atoms with E-state index in [-0.39, 0.29) is 0 Å². The molecule has 0 saturated carbocycles. The number of thiocarbonyl (C=S) groups is 1. The SMILES string of the molecule is CCc1cc([13C]([15NH2])=S)ccn1. The maximum Gasteiger partial charge on any atom is 0.104 e. The van der Waals surface area contributed by atoms with Gasteiger partial charge in [-0.15, -0.1) is 0 Å². The van der Waals surface area contributed by atoms with E-state index in [4.69, 9.17) is 18.0 Å². The average molecular weight is 168 g/mol. The number of nitrogens with zero attached hydrogens (tertiary/aromatic N) is 1. The van der Waals surface area contributed by atoms with Gasteiger partial charge in [0.15, 0.2) is 0 Å². The Morgan fingerprint density at radius 1 is 1.73 bits per heavy atom. The van der Waals surface area contributed by atoms with Crippen molar-refractivity contribution in [3.05, 3.63) is 29.6 Å². The van der Waals surface area contributed by atoms with E-state index in [0.29, 0.717) is 4.99 Å². The molecule has 2 N–H and O–H groups in total. The van der Waals surface area contributed by atoms with Crippen molar-refractivity contribution in [3.63, 3.8) is 0 Å². The van der Waals surface area contributed by atoms with Gasteiger partial charge in [0, 0.05) is 17.5 Å². The quantitative estimate of drug-likeness (QED) is 0.411. The van der Waals surface area contributed by atoms with E-state index in [9.17, 15) is 0 Å². The molecular formula is C8H10N2S. The monoisotopic (exact) mass is 168 g/mol. The summed E-state index contributed by atoms with van der Waals surface area (Å²) in [5.74, 6) is 0. The molecule has 0 aliphatic heterocycles. The molecule has 0 aliphatic carbocycles. The summed E-state index contributed by atoms with van der Waals surface area (Å²) in [4.78, 5) is 4.56. The molecule has 2 nitrogen and oxygen atoms in total. The first-order valence-corrected chi connectivity index (χ1v) is 3.89. The van der Waals surface area contributed by atoms with E-state index in [0.717, 1.165) is 17.7 Å². The molecule has 0 saturated heterocycles. The van der Waals surface area contributed by atoms with Crippen LogP contribution in [-0.4, -0.2) is 9.97 Å². The van der Waals surface area contributed by atoms with Crippen LogP contribution in [0.4, 0.5) is 0 Å². The Hall–Kier alpha value is -0.960. The molecule has 0 radical (unpaired) electrons. The van der Waals surface area contributed by atoms with E-state index < -0.39 is 0 Å². The summed E-state index contributed by atoms with van der Waals surface area (Å²) in [5.41, 5.74) is 7.36.